The molecule has 6 nitrogen and oxygen atoms in total. The molecule has 0 heterocycles. The molecule has 1 unspecified atom stereocenters. The second-order valence-electron chi connectivity index (χ2n) is 3.82. The predicted molar refractivity (Wildman–Crippen MR) is 65.1 cm³/mol. The number of aliphatic hydroxyl groups is 1. The molecule has 0 radical (unpaired) electrons. The van der Waals surface area contributed by atoms with Crippen LogP contribution in [0.5, 0.6) is 0 Å². The maximum Gasteiger partial charge on any atom is 0.328 e. The molecule has 2 amide bonds. The zero-order chi connectivity index (χ0) is 14.3. The van der Waals surface area contributed by atoms with Crippen molar-refractivity contribution >= 4 is 12.0 Å². The molecule has 1 aromatic rings. The lowest BCUT2D eigenvalue weighted by Crippen LogP contribution is -2.48. The summed E-state index contributed by atoms with van der Waals surface area (Å²) in [4.78, 5) is 21.9. The molecule has 0 aliphatic rings. The van der Waals surface area contributed by atoms with Gasteiger partial charge in [0.15, 0.2) is 6.04 Å². The molecular weight excluding hydrogens is 255 g/mol. The summed E-state index contributed by atoms with van der Waals surface area (Å²) in [6.45, 7) is -0.541. The van der Waals surface area contributed by atoms with Crippen molar-refractivity contribution in [1.82, 2.24) is 10.6 Å². The number of carbonyl (C=O) groups excluding carboxylic acids is 1. The van der Waals surface area contributed by atoms with Gasteiger partial charge in [0.25, 0.3) is 0 Å². The third-order valence-corrected chi connectivity index (χ3v) is 2.42. The molecule has 7 heteroatoms. The fraction of sp³-hybridized carbons (Fsp3) is 0.333. The summed E-state index contributed by atoms with van der Waals surface area (Å²) in [5.41, 5.74) is 0.458. The Balaban J connectivity index is 2.35. The van der Waals surface area contributed by atoms with Gasteiger partial charge in [0, 0.05) is 6.54 Å². The van der Waals surface area contributed by atoms with Crippen molar-refractivity contribution in [2.75, 3.05) is 13.2 Å². The molecule has 1 atom stereocenters. The number of carboxylic acid groups (broad SMARTS) is 1. The van der Waals surface area contributed by atoms with Crippen LogP contribution in [-0.4, -0.2) is 41.4 Å². The first kappa shape index (κ1) is 14.9. The molecule has 1 rings (SSSR count). The second-order valence-corrected chi connectivity index (χ2v) is 3.82. The molecule has 0 aliphatic heterocycles. The van der Waals surface area contributed by atoms with E-state index in [2.05, 4.69) is 10.6 Å². The normalized spacial score (nSPS) is 11.7. The van der Waals surface area contributed by atoms with Crippen molar-refractivity contribution in [3.8, 4) is 0 Å². The monoisotopic (exact) mass is 270 g/mol. The van der Waals surface area contributed by atoms with Crippen LogP contribution in [0.1, 0.15) is 5.56 Å². The number of nitrogens with one attached hydrogen (secondary N) is 2. The Bertz CT molecular complexity index is 453. The van der Waals surface area contributed by atoms with Gasteiger partial charge in [-0.15, -0.1) is 0 Å². The molecule has 0 saturated carbocycles. The summed E-state index contributed by atoms with van der Waals surface area (Å²) in [5.74, 6) is -1.68. The number of carbonyl (C=O) groups is 2. The number of halogens is 1. The number of aliphatic hydroxyl groups excluding tert-OH is 1. The Morgan fingerprint density at radius 2 is 2.00 bits per heavy atom. The first-order valence-corrected chi connectivity index (χ1v) is 5.66. The number of benzene rings is 1. The van der Waals surface area contributed by atoms with Crippen LogP contribution in [0.2, 0.25) is 0 Å². The fourth-order valence-corrected chi connectivity index (χ4v) is 1.41. The highest BCUT2D eigenvalue weighted by atomic mass is 19.1. The minimum Gasteiger partial charge on any atom is -0.480 e. The van der Waals surface area contributed by atoms with Crippen LogP contribution >= 0.6 is 0 Å². The third-order valence-electron chi connectivity index (χ3n) is 2.42. The van der Waals surface area contributed by atoms with Crippen molar-refractivity contribution < 1.29 is 24.2 Å². The predicted octanol–water partition coefficient (Wildman–Crippen LogP) is 0.113. The maximum atomic E-state index is 13.2. The van der Waals surface area contributed by atoms with Gasteiger partial charge >= 0.3 is 12.0 Å². The van der Waals surface area contributed by atoms with E-state index in [9.17, 15) is 14.0 Å². The summed E-state index contributed by atoms with van der Waals surface area (Å²) < 4.78 is 13.2. The van der Waals surface area contributed by atoms with E-state index in [1.807, 2.05) is 0 Å². The Morgan fingerprint density at radius 3 is 2.58 bits per heavy atom. The van der Waals surface area contributed by atoms with Gasteiger partial charge in [0.05, 0.1) is 6.61 Å². The van der Waals surface area contributed by atoms with Gasteiger partial charge in [-0.1, -0.05) is 18.2 Å². The van der Waals surface area contributed by atoms with E-state index in [1.54, 1.807) is 18.2 Å². The van der Waals surface area contributed by atoms with E-state index in [0.717, 1.165) is 0 Å². The molecule has 104 valence electrons. The zero-order valence-corrected chi connectivity index (χ0v) is 10.1. The molecule has 0 aliphatic carbocycles. The Morgan fingerprint density at radius 1 is 1.32 bits per heavy atom. The quantitative estimate of drug-likeness (QED) is 0.589. The number of hydrogen-bond donors (Lipinski definition) is 4. The lowest BCUT2D eigenvalue weighted by molar-refractivity contribution is -0.140. The van der Waals surface area contributed by atoms with Gasteiger partial charge in [0.1, 0.15) is 5.82 Å². The molecule has 0 spiro atoms. The number of amides is 2. The average molecular weight is 270 g/mol. The standard InChI is InChI=1S/C12H15FN2O4/c13-9-4-2-1-3-8(9)5-6-14-12(19)15-10(7-16)11(17)18/h1-4,10,16H,5-7H2,(H,17,18)(H2,14,15,19). The zero-order valence-electron chi connectivity index (χ0n) is 10.1. The lowest BCUT2D eigenvalue weighted by atomic mass is 10.1. The van der Waals surface area contributed by atoms with Gasteiger partial charge in [-0.05, 0) is 18.1 Å². The third kappa shape index (κ3) is 4.92. The molecule has 4 N–H and O–H groups in total. The average Bonchev–Trinajstić information content (AvgIpc) is 2.38. The van der Waals surface area contributed by atoms with E-state index in [4.69, 9.17) is 10.2 Å². The summed E-state index contributed by atoms with van der Waals surface area (Å²) in [6.07, 6.45) is 0.289. The van der Waals surface area contributed by atoms with Gasteiger partial charge < -0.3 is 20.8 Å². The molecule has 19 heavy (non-hydrogen) atoms. The largest absolute Gasteiger partial charge is 0.480 e. The Hall–Kier alpha value is -2.15. The summed E-state index contributed by atoms with van der Waals surface area (Å²) in [6, 6.07) is 4.10. The van der Waals surface area contributed by atoms with Crippen molar-refractivity contribution in [3.63, 3.8) is 0 Å². The van der Waals surface area contributed by atoms with Crippen LogP contribution in [0.4, 0.5) is 9.18 Å². The minimum atomic E-state index is -1.35. The Kier molecular flexibility index (Phi) is 5.74. The number of hydrogen-bond acceptors (Lipinski definition) is 3. The van der Waals surface area contributed by atoms with Gasteiger partial charge in [-0.3, -0.25) is 0 Å². The molecular formula is C12H15FN2O4. The maximum absolute atomic E-state index is 13.2. The van der Waals surface area contributed by atoms with E-state index in [0.29, 0.717) is 5.56 Å². The highest BCUT2D eigenvalue weighted by molar-refractivity contribution is 5.82. The topological polar surface area (TPSA) is 98.7 Å². The number of carboxylic acids is 1. The minimum absolute atomic E-state index is 0.157. The van der Waals surface area contributed by atoms with Crippen molar-refractivity contribution in [2.24, 2.45) is 0 Å². The van der Waals surface area contributed by atoms with Crippen molar-refractivity contribution in [3.05, 3.63) is 35.6 Å². The number of rotatable bonds is 6. The van der Waals surface area contributed by atoms with Gasteiger partial charge in [-0.2, -0.15) is 0 Å². The summed E-state index contributed by atoms with van der Waals surface area (Å²) in [5, 5.41) is 21.8. The van der Waals surface area contributed by atoms with Crippen LogP contribution in [0.15, 0.2) is 24.3 Å². The van der Waals surface area contributed by atoms with Gasteiger partial charge in [0.2, 0.25) is 0 Å². The van der Waals surface area contributed by atoms with E-state index >= 15 is 0 Å². The number of urea groups is 1. The first-order chi connectivity index (χ1) is 9.04. The van der Waals surface area contributed by atoms with Crippen molar-refractivity contribution in [2.45, 2.75) is 12.5 Å². The van der Waals surface area contributed by atoms with Gasteiger partial charge in [-0.25, -0.2) is 14.0 Å². The lowest BCUT2D eigenvalue weighted by Gasteiger charge is -2.12. The van der Waals surface area contributed by atoms with E-state index in [1.165, 1.54) is 6.07 Å². The molecule has 1 aromatic carbocycles. The van der Waals surface area contributed by atoms with Crippen LogP contribution in [-0.2, 0) is 11.2 Å². The van der Waals surface area contributed by atoms with Crippen LogP contribution in [0, 0.1) is 5.82 Å². The fourth-order valence-electron chi connectivity index (χ4n) is 1.41. The van der Waals surface area contributed by atoms with Crippen LogP contribution < -0.4 is 10.6 Å². The molecule has 0 aromatic heterocycles. The summed E-state index contributed by atoms with van der Waals surface area (Å²) in [7, 11) is 0. The number of aliphatic carboxylic acids is 1. The SMILES string of the molecule is O=C(NCCc1ccccc1F)NC(CO)C(=O)O. The van der Waals surface area contributed by atoms with Crippen LogP contribution in [0.25, 0.3) is 0 Å². The van der Waals surface area contributed by atoms with E-state index in [-0.39, 0.29) is 18.8 Å². The highest BCUT2D eigenvalue weighted by Gasteiger charge is 2.18. The molecule has 0 fully saturated rings. The molecule has 0 bridgehead atoms. The summed E-state index contributed by atoms with van der Waals surface area (Å²) >= 11 is 0. The first-order valence-electron chi connectivity index (χ1n) is 5.66. The van der Waals surface area contributed by atoms with E-state index < -0.39 is 24.6 Å². The molecule has 0 saturated heterocycles. The second kappa shape index (κ2) is 7.32. The Labute approximate surface area is 109 Å². The van der Waals surface area contributed by atoms with Crippen LogP contribution in [0.3, 0.4) is 0 Å². The van der Waals surface area contributed by atoms with Crippen molar-refractivity contribution in [1.29, 1.82) is 0 Å². The highest BCUT2D eigenvalue weighted by Crippen LogP contribution is 2.05. The smallest absolute Gasteiger partial charge is 0.328 e.